The van der Waals surface area contributed by atoms with Crippen LogP contribution in [0.1, 0.15) is 11.1 Å². The first-order valence-electron chi connectivity index (χ1n) is 6.35. The van der Waals surface area contributed by atoms with E-state index in [4.69, 9.17) is 15.9 Å². The lowest BCUT2D eigenvalue weighted by molar-refractivity contribution is 0.282. The van der Waals surface area contributed by atoms with Crippen LogP contribution in [0.25, 0.3) is 0 Å². The smallest absolute Gasteiger partial charge is 0.152 e. The van der Waals surface area contributed by atoms with Gasteiger partial charge in [-0.2, -0.15) is 0 Å². The Morgan fingerprint density at radius 1 is 1.40 bits per heavy atom. The van der Waals surface area contributed by atoms with Gasteiger partial charge in [0.2, 0.25) is 0 Å². The number of nitrogens with zero attached hydrogens (tertiary/aromatic N) is 1. The number of sulfone groups is 1. The van der Waals surface area contributed by atoms with Gasteiger partial charge in [-0.1, -0.05) is 0 Å². The van der Waals surface area contributed by atoms with E-state index in [-0.39, 0.29) is 17.3 Å². The number of nitrogen functional groups attached to an aromatic ring is 1. The number of ether oxygens (including phenoxy) is 1. The normalized spacial score (nSPS) is 18.6. The number of hydrogen-bond donors (Lipinski definition) is 2. The lowest BCUT2D eigenvalue weighted by Gasteiger charge is -2.27. The Kier molecular flexibility index (Phi) is 4.29. The molecule has 0 atom stereocenters. The van der Waals surface area contributed by atoms with Gasteiger partial charge < -0.3 is 10.5 Å². The molecule has 1 aromatic rings. The standard InChI is InChI=1S/C13H19N3O3S/c1-19-12-3-2-10(13(14)15)8-11(12)9-16-4-6-20(17,18)7-5-16/h2-3,8H,4-7,9H2,1H3,(H3,14,15). The van der Waals surface area contributed by atoms with Crippen molar-refractivity contribution >= 4 is 15.7 Å². The molecule has 2 rings (SSSR count). The Morgan fingerprint density at radius 2 is 2.05 bits per heavy atom. The lowest BCUT2D eigenvalue weighted by atomic mass is 10.1. The van der Waals surface area contributed by atoms with Gasteiger partial charge in [0.05, 0.1) is 18.6 Å². The first-order chi connectivity index (χ1) is 9.41. The molecule has 0 aromatic heterocycles. The molecule has 1 aromatic carbocycles. The van der Waals surface area contributed by atoms with Gasteiger partial charge in [-0.05, 0) is 18.2 Å². The molecule has 1 fully saturated rings. The molecule has 0 unspecified atom stereocenters. The van der Waals surface area contributed by atoms with Crippen LogP contribution >= 0.6 is 0 Å². The van der Waals surface area contributed by atoms with E-state index in [1.54, 1.807) is 19.2 Å². The number of rotatable bonds is 4. The SMILES string of the molecule is COc1ccc(C(=N)N)cc1CN1CCS(=O)(=O)CC1. The third-order valence-corrected chi connectivity index (χ3v) is 5.03. The number of amidine groups is 1. The van der Waals surface area contributed by atoms with E-state index >= 15 is 0 Å². The Labute approximate surface area is 119 Å². The molecule has 6 nitrogen and oxygen atoms in total. The second-order valence-corrected chi connectivity index (χ2v) is 7.17. The number of hydrogen-bond acceptors (Lipinski definition) is 5. The Bertz CT molecular complexity index is 599. The summed E-state index contributed by atoms with van der Waals surface area (Å²) in [6.45, 7) is 1.64. The third-order valence-electron chi connectivity index (χ3n) is 3.42. The van der Waals surface area contributed by atoms with Gasteiger partial charge in [0.25, 0.3) is 0 Å². The molecule has 7 heteroatoms. The highest BCUT2D eigenvalue weighted by Crippen LogP contribution is 2.22. The van der Waals surface area contributed by atoms with Crippen LogP contribution in [0.5, 0.6) is 5.75 Å². The maximum Gasteiger partial charge on any atom is 0.152 e. The van der Waals surface area contributed by atoms with Gasteiger partial charge in [-0.15, -0.1) is 0 Å². The van der Waals surface area contributed by atoms with Crippen molar-refractivity contribution in [3.05, 3.63) is 29.3 Å². The number of benzene rings is 1. The van der Waals surface area contributed by atoms with E-state index in [9.17, 15) is 8.42 Å². The highest BCUT2D eigenvalue weighted by molar-refractivity contribution is 7.91. The van der Waals surface area contributed by atoms with Gasteiger partial charge >= 0.3 is 0 Å². The van der Waals surface area contributed by atoms with Crippen molar-refractivity contribution in [1.29, 1.82) is 5.41 Å². The fourth-order valence-electron chi connectivity index (χ4n) is 2.22. The summed E-state index contributed by atoms with van der Waals surface area (Å²) in [5.41, 5.74) is 7.05. The highest BCUT2D eigenvalue weighted by atomic mass is 32.2. The van der Waals surface area contributed by atoms with Gasteiger partial charge in [0, 0.05) is 30.8 Å². The van der Waals surface area contributed by atoms with Crippen molar-refractivity contribution in [3.8, 4) is 5.75 Å². The van der Waals surface area contributed by atoms with E-state index in [0.29, 0.717) is 25.2 Å². The maximum atomic E-state index is 11.4. The van der Waals surface area contributed by atoms with Gasteiger partial charge in [0.1, 0.15) is 11.6 Å². The van der Waals surface area contributed by atoms with Crippen molar-refractivity contribution in [1.82, 2.24) is 4.90 Å². The van der Waals surface area contributed by atoms with Crippen molar-refractivity contribution in [2.24, 2.45) is 5.73 Å². The minimum absolute atomic E-state index is 0.00938. The second kappa shape index (κ2) is 5.80. The summed E-state index contributed by atoms with van der Waals surface area (Å²) in [5, 5.41) is 7.48. The molecule has 0 bridgehead atoms. The van der Waals surface area contributed by atoms with E-state index in [1.165, 1.54) is 0 Å². The monoisotopic (exact) mass is 297 g/mol. The summed E-state index contributed by atoms with van der Waals surface area (Å²) in [4.78, 5) is 2.07. The minimum Gasteiger partial charge on any atom is -0.496 e. The quantitative estimate of drug-likeness (QED) is 0.612. The summed E-state index contributed by atoms with van der Waals surface area (Å²) in [5.74, 6) is 1.13. The zero-order valence-corrected chi connectivity index (χ0v) is 12.2. The molecule has 0 spiro atoms. The third kappa shape index (κ3) is 3.49. The van der Waals surface area contributed by atoms with E-state index in [2.05, 4.69) is 4.90 Å². The molecule has 0 radical (unpaired) electrons. The molecular weight excluding hydrogens is 278 g/mol. The first-order valence-corrected chi connectivity index (χ1v) is 8.17. The van der Waals surface area contributed by atoms with Gasteiger partial charge in [-0.3, -0.25) is 10.3 Å². The number of methoxy groups -OCH3 is 1. The Morgan fingerprint density at radius 3 is 2.60 bits per heavy atom. The number of nitrogens with one attached hydrogen (secondary N) is 1. The molecule has 0 amide bonds. The van der Waals surface area contributed by atoms with Crippen molar-refractivity contribution < 1.29 is 13.2 Å². The van der Waals surface area contributed by atoms with E-state index in [1.807, 2.05) is 6.07 Å². The summed E-state index contributed by atoms with van der Waals surface area (Å²) >= 11 is 0. The van der Waals surface area contributed by atoms with Crippen LogP contribution in [-0.4, -0.2) is 50.9 Å². The molecule has 110 valence electrons. The predicted octanol–water partition coefficient (Wildman–Crippen LogP) is 0.210. The van der Waals surface area contributed by atoms with E-state index < -0.39 is 9.84 Å². The Hall–Kier alpha value is -1.60. The molecule has 3 N–H and O–H groups in total. The van der Waals surface area contributed by atoms with Crippen molar-refractivity contribution in [2.75, 3.05) is 31.7 Å². The largest absolute Gasteiger partial charge is 0.496 e. The van der Waals surface area contributed by atoms with Crippen LogP contribution in [0.2, 0.25) is 0 Å². The van der Waals surface area contributed by atoms with Crippen LogP contribution < -0.4 is 10.5 Å². The summed E-state index contributed by atoms with van der Waals surface area (Å²) in [7, 11) is -1.28. The summed E-state index contributed by atoms with van der Waals surface area (Å²) in [6.07, 6.45) is 0. The highest BCUT2D eigenvalue weighted by Gasteiger charge is 2.22. The maximum absolute atomic E-state index is 11.4. The second-order valence-electron chi connectivity index (χ2n) is 4.87. The van der Waals surface area contributed by atoms with Crippen molar-refractivity contribution in [2.45, 2.75) is 6.54 Å². The Balaban J connectivity index is 2.15. The molecular formula is C13H19N3O3S. The zero-order chi connectivity index (χ0) is 14.8. The molecule has 20 heavy (non-hydrogen) atoms. The lowest BCUT2D eigenvalue weighted by Crippen LogP contribution is -2.39. The topological polar surface area (TPSA) is 96.5 Å². The average Bonchev–Trinajstić information content (AvgIpc) is 2.41. The zero-order valence-electron chi connectivity index (χ0n) is 11.4. The fourth-order valence-corrected chi connectivity index (χ4v) is 3.50. The fraction of sp³-hybridized carbons (Fsp3) is 0.462. The minimum atomic E-state index is -2.87. The summed E-state index contributed by atoms with van der Waals surface area (Å²) < 4.78 is 28.1. The molecule has 0 saturated carbocycles. The van der Waals surface area contributed by atoms with Crippen LogP contribution in [0.3, 0.4) is 0 Å². The van der Waals surface area contributed by atoms with Crippen LogP contribution in [0, 0.1) is 5.41 Å². The van der Waals surface area contributed by atoms with Gasteiger partial charge in [0.15, 0.2) is 9.84 Å². The molecule has 1 aliphatic heterocycles. The molecule has 1 saturated heterocycles. The van der Waals surface area contributed by atoms with Crippen LogP contribution in [-0.2, 0) is 16.4 Å². The van der Waals surface area contributed by atoms with Gasteiger partial charge in [-0.25, -0.2) is 8.42 Å². The first kappa shape index (κ1) is 14.8. The van der Waals surface area contributed by atoms with E-state index in [0.717, 1.165) is 11.3 Å². The van der Waals surface area contributed by atoms with Crippen molar-refractivity contribution in [3.63, 3.8) is 0 Å². The molecule has 1 heterocycles. The molecule has 0 aliphatic carbocycles. The summed E-state index contributed by atoms with van der Waals surface area (Å²) in [6, 6.07) is 5.35. The molecule has 1 aliphatic rings. The van der Waals surface area contributed by atoms with Crippen LogP contribution in [0.15, 0.2) is 18.2 Å². The average molecular weight is 297 g/mol. The number of nitrogens with two attached hydrogens (primary N) is 1. The predicted molar refractivity (Wildman–Crippen MR) is 77.9 cm³/mol. The van der Waals surface area contributed by atoms with Crippen LogP contribution in [0.4, 0.5) is 0 Å².